The van der Waals surface area contributed by atoms with Gasteiger partial charge in [0.05, 0.1) is 0 Å². The molecule has 0 amide bonds. The van der Waals surface area contributed by atoms with E-state index in [-0.39, 0.29) is 0 Å². The normalized spacial score (nSPS) is 27.7. The molecule has 6 rings (SSSR count). The van der Waals surface area contributed by atoms with E-state index in [0.29, 0.717) is 54.9 Å². The molecule has 212 valence electrons. The van der Waals surface area contributed by atoms with Gasteiger partial charge in [0, 0.05) is 52.8 Å². The summed E-state index contributed by atoms with van der Waals surface area (Å²) in [4.78, 5) is 7.33. The van der Waals surface area contributed by atoms with Crippen molar-refractivity contribution in [1.29, 1.82) is 0 Å². The van der Waals surface area contributed by atoms with Crippen molar-refractivity contribution in [3.63, 3.8) is 0 Å². The third-order valence-electron chi connectivity index (χ3n) is 9.29. The average molecular weight is 573 g/mol. The Labute approximate surface area is 252 Å². The Morgan fingerprint density at radius 3 is 2.43 bits per heavy atom. The van der Waals surface area contributed by atoms with E-state index >= 15 is 0 Å². The van der Waals surface area contributed by atoms with Crippen LogP contribution in [-0.4, -0.2) is 18.3 Å². The zero-order valence-corrected chi connectivity index (χ0v) is 25.0. The summed E-state index contributed by atoms with van der Waals surface area (Å²) in [6.07, 6.45) is 8.99. The highest BCUT2D eigenvalue weighted by molar-refractivity contribution is 8.03. The van der Waals surface area contributed by atoms with Gasteiger partial charge in [0.1, 0.15) is 0 Å². The number of azide groups is 2. The number of allylic oxidation sites excluding steroid dienone is 4. The maximum atomic E-state index is 8.60. The van der Waals surface area contributed by atoms with Crippen molar-refractivity contribution in [3.05, 3.63) is 84.5 Å². The molecule has 4 aliphatic rings. The lowest BCUT2D eigenvalue weighted by molar-refractivity contribution is 0.354. The number of thioether (sulfide) groups is 1. The molecule has 0 saturated heterocycles. The van der Waals surface area contributed by atoms with E-state index in [0.717, 1.165) is 38.5 Å². The van der Waals surface area contributed by atoms with Gasteiger partial charge in [0.15, 0.2) is 0 Å². The molecule has 3 unspecified atom stereocenters. The largest absolute Gasteiger partial charge is 0.126 e. The molecule has 7 heteroatoms. The fourth-order valence-corrected chi connectivity index (χ4v) is 9.14. The van der Waals surface area contributed by atoms with Crippen LogP contribution in [0.4, 0.5) is 0 Å². The van der Waals surface area contributed by atoms with E-state index in [9.17, 15) is 0 Å². The number of nitrogens with zero attached hydrogens (tertiary/aromatic N) is 6. The lowest BCUT2D eigenvalue weighted by Crippen LogP contribution is -2.34. The first-order valence-electron chi connectivity index (χ1n) is 15.3. The minimum absolute atomic E-state index is 0.339. The maximum absolute atomic E-state index is 8.60. The van der Waals surface area contributed by atoms with Crippen molar-refractivity contribution in [2.45, 2.75) is 70.0 Å². The van der Waals surface area contributed by atoms with Crippen LogP contribution in [0.25, 0.3) is 37.2 Å². The molecular formula is C35H36N6S. The number of fused-ring (bicyclic) bond motifs is 4. The summed E-state index contributed by atoms with van der Waals surface area (Å²) in [7, 11) is 0. The molecule has 1 heterocycles. The van der Waals surface area contributed by atoms with Crippen LogP contribution in [0, 0.1) is 47.4 Å². The minimum atomic E-state index is 0.339. The van der Waals surface area contributed by atoms with Crippen LogP contribution in [0.15, 0.2) is 62.7 Å². The van der Waals surface area contributed by atoms with Gasteiger partial charge < -0.3 is 0 Å². The molecule has 2 aromatic rings. The first-order valence-corrected chi connectivity index (χ1v) is 16.2. The van der Waals surface area contributed by atoms with Crippen LogP contribution in [0.3, 0.4) is 0 Å². The maximum Gasteiger partial charge on any atom is 0.0367 e. The van der Waals surface area contributed by atoms with E-state index in [2.05, 4.69) is 98.8 Å². The summed E-state index contributed by atoms with van der Waals surface area (Å²) in [6, 6.07) is 13.6. The van der Waals surface area contributed by atoms with E-state index in [1.54, 1.807) is 21.6 Å². The van der Waals surface area contributed by atoms with Crippen LogP contribution in [0.2, 0.25) is 0 Å². The average Bonchev–Trinajstić information content (AvgIpc) is 3.35. The lowest BCUT2D eigenvalue weighted by Gasteiger charge is -2.44. The van der Waals surface area contributed by atoms with Crippen molar-refractivity contribution in [2.24, 2.45) is 33.9 Å². The summed E-state index contributed by atoms with van der Waals surface area (Å²) in [6.45, 7) is 3.31. The fourth-order valence-electron chi connectivity index (χ4n) is 7.54. The van der Waals surface area contributed by atoms with Gasteiger partial charge in [-0.1, -0.05) is 65.4 Å². The first-order chi connectivity index (χ1) is 20.7. The van der Waals surface area contributed by atoms with Gasteiger partial charge in [-0.05, 0) is 111 Å². The number of benzene rings is 2. The van der Waals surface area contributed by atoms with Gasteiger partial charge in [-0.2, -0.15) is 0 Å². The SMILES string of the molecule is C[C@@H]1Cc2ccc3ccccc3c2/C1=C1/C2=C(CCC(C#CCCN=[N+]=[N-])C2)SC2CC[C@H](C#CCCN=[N+]=[N-])CC12. The van der Waals surface area contributed by atoms with Gasteiger partial charge >= 0.3 is 0 Å². The predicted octanol–water partition coefficient (Wildman–Crippen LogP) is 9.78. The van der Waals surface area contributed by atoms with Crippen LogP contribution in [0.1, 0.15) is 69.4 Å². The quantitative estimate of drug-likeness (QED) is 0.118. The highest BCUT2D eigenvalue weighted by Crippen LogP contribution is 2.58. The summed E-state index contributed by atoms with van der Waals surface area (Å²) in [5.74, 6) is 15.4. The van der Waals surface area contributed by atoms with Crippen molar-refractivity contribution in [2.75, 3.05) is 13.1 Å². The van der Waals surface area contributed by atoms with Gasteiger partial charge in [-0.3, -0.25) is 0 Å². The summed E-state index contributed by atoms with van der Waals surface area (Å²) in [5, 5.41) is 10.6. The second-order valence-electron chi connectivity index (χ2n) is 11.9. The van der Waals surface area contributed by atoms with Gasteiger partial charge in [-0.15, -0.1) is 23.6 Å². The van der Waals surface area contributed by atoms with Crippen LogP contribution < -0.4 is 0 Å². The molecule has 0 spiro atoms. The Morgan fingerprint density at radius 2 is 1.64 bits per heavy atom. The third kappa shape index (κ3) is 5.79. The molecule has 0 bridgehead atoms. The monoisotopic (exact) mass is 572 g/mol. The van der Waals surface area contributed by atoms with Crippen molar-refractivity contribution >= 4 is 28.1 Å². The Kier molecular flexibility index (Phi) is 8.83. The zero-order chi connectivity index (χ0) is 28.9. The molecule has 0 N–H and O–H groups in total. The van der Waals surface area contributed by atoms with Crippen molar-refractivity contribution < 1.29 is 0 Å². The summed E-state index contributed by atoms with van der Waals surface area (Å²) in [5.41, 5.74) is 24.9. The van der Waals surface area contributed by atoms with Gasteiger partial charge in [0.2, 0.25) is 0 Å². The standard InChI is InChI=1S/C35H36N6S/c1-23-20-27-15-14-26-10-2-3-11-28(26)34(27)33(23)35-29-21-24(8-4-6-18-38-40-36)12-16-31(29)42-32-17-13-25(22-30(32)35)9-5-7-19-39-41-37/h2-3,10-11,14-15,23-25,29,31H,6-7,12-13,16-22H2,1H3/b35-33+/t23-,24+,25?,29?,31?/m1/s1. The molecule has 1 aliphatic heterocycles. The van der Waals surface area contributed by atoms with Crippen LogP contribution >= 0.6 is 11.8 Å². The summed E-state index contributed by atoms with van der Waals surface area (Å²) >= 11 is 2.16. The van der Waals surface area contributed by atoms with Crippen LogP contribution in [-0.2, 0) is 6.42 Å². The molecule has 0 aromatic heterocycles. The van der Waals surface area contributed by atoms with Gasteiger partial charge in [-0.25, -0.2) is 0 Å². The van der Waals surface area contributed by atoms with Gasteiger partial charge in [0.25, 0.3) is 0 Å². The number of rotatable bonds is 4. The third-order valence-corrected chi connectivity index (χ3v) is 10.9. The fraction of sp³-hybridized carbons (Fsp3) is 0.486. The second-order valence-corrected chi connectivity index (χ2v) is 13.3. The van der Waals surface area contributed by atoms with Crippen molar-refractivity contribution in [3.8, 4) is 23.7 Å². The zero-order valence-electron chi connectivity index (χ0n) is 24.2. The molecule has 0 radical (unpaired) electrons. The Balaban J connectivity index is 1.43. The predicted molar refractivity (Wildman–Crippen MR) is 173 cm³/mol. The molecule has 3 aliphatic carbocycles. The number of hydrogen-bond donors (Lipinski definition) is 0. The highest BCUT2D eigenvalue weighted by Gasteiger charge is 2.43. The Hall–Kier alpha value is -3.73. The van der Waals surface area contributed by atoms with Crippen molar-refractivity contribution in [1.82, 2.24) is 0 Å². The smallest absolute Gasteiger partial charge is 0.0367 e. The summed E-state index contributed by atoms with van der Waals surface area (Å²) < 4.78 is 0. The molecular weight excluding hydrogens is 536 g/mol. The molecule has 1 fully saturated rings. The first kappa shape index (κ1) is 28.4. The van der Waals surface area contributed by atoms with E-state index in [1.165, 1.54) is 28.3 Å². The van der Waals surface area contributed by atoms with E-state index < -0.39 is 0 Å². The molecule has 2 aromatic carbocycles. The Bertz CT molecular complexity index is 1670. The number of hydrogen-bond acceptors (Lipinski definition) is 3. The molecule has 1 saturated carbocycles. The van der Waals surface area contributed by atoms with E-state index in [4.69, 9.17) is 11.1 Å². The highest BCUT2D eigenvalue weighted by atomic mass is 32.2. The molecule has 6 nitrogen and oxygen atoms in total. The lowest BCUT2D eigenvalue weighted by atomic mass is 9.69. The Morgan fingerprint density at radius 1 is 0.881 bits per heavy atom. The minimum Gasteiger partial charge on any atom is -0.126 e. The van der Waals surface area contributed by atoms with Crippen LogP contribution in [0.5, 0.6) is 0 Å². The molecule has 42 heavy (non-hydrogen) atoms. The molecule has 5 atom stereocenters. The van der Waals surface area contributed by atoms with E-state index in [1.807, 2.05) is 0 Å². The second kappa shape index (κ2) is 13.1. The topological polar surface area (TPSA) is 97.5 Å².